The molecule has 0 saturated carbocycles. The summed E-state index contributed by atoms with van der Waals surface area (Å²) in [5.41, 5.74) is 0. The van der Waals surface area contributed by atoms with Gasteiger partial charge in [0.25, 0.3) is 0 Å². The van der Waals surface area contributed by atoms with Crippen LogP contribution >= 0.6 is 8.25 Å². The van der Waals surface area contributed by atoms with Crippen LogP contribution in [-0.4, -0.2) is 17.3 Å². The summed E-state index contributed by atoms with van der Waals surface area (Å²) in [6, 6.07) is 0. The number of carbonyl (C=O) groups is 1. The van der Waals surface area contributed by atoms with Crippen molar-refractivity contribution < 1.29 is 18.8 Å². The van der Waals surface area contributed by atoms with E-state index in [0.717, 1.165) is 0 Å². The minimum Gasteiger partial charge on any atom is -0.297 e. The van der Waals surface area contributed by atoms with Gasteiger partial charge in [-0.1, -0.05) is 13.8 Å². The largest absolute Gasteiger partial charge is 0.695 e. The van der Waals surface area contributed by atoms with Crippen LogP contribution in [0.4, 0.5) is 0 Å². The lowest BCUT2D eigenvalue weighted by Gasteiger charge is -1.96. The third kappa shape index (κ3) is 4.56. The van der Waals surface area contributed by atoms with Crippen molar-refractivity contribution in [3.63, 3.8) is 0 Å². The zero-order valence-corrected chi connectivity index (χ0v) is 6.80. The predicted octanol–water partition coefficient (Wildman–Crippen LogP) is 0.878. The Labute approximate surface area is 60.1 Å². The Hall–Kier alpha value is -0.310. The van der Waals surface area contributed by atoms with Crippen LogP contribution < -0.4 is 0 Å². The van der Waals surface area contributed by atoms with E-state index in [1.807, 2.05) is 0 Å². The van der Waals surface area contributed by atoms with Crippen LogP contribution in [0.25, 0.3) is 0 Å². The maximum Gasteiger partial charge on any atom is 0.695 e. The zero-order valence-electron chi connectivity index (χ0n) is 5.90. The lowest BCUT2D eigenvalue weighted by Crippen LogP contribution is -2.12. The molecule has 0 rings (SSSR count). The van der Waals surface area contributed by atoms with E-state index in [1.165, 1.54) is 0 Å². The van der Waals surface area contributed by atoms with Crippen molar-refractivity contribution in [2.75, 3.05) is 6.61 Å². The Kier molecular flexibility index (Phi) is 4.36. The molecule has 0 fully saturated rings. The van der Waals surface area contributed by atoms with Gasteiger partial charge >= 0.3 is 8.25 Å². The van der Waals surface area contributed by atoms with Gasteiger partial charge in [0, 0.05) is 10.5 Å². The summed E-state index contributed by atoms with van der Waals surface area (Å²) in [6.45, 7) is 3.13. The molecule has 0 spiro atoms. The van der Waals surface area contributed by atoms with Crippen molar-refractivity contribution in [2.45, 2.75) is 13.8 Å². The van der Waals surface area contributed by atoms with E-state index in [-0.39, 0.29) is 18.3 Å². The van der Waals surface area contributed by atoms with E-state index in [2.05, 4.69) is 4.52 Å². The molecular formula is C5H10O4P+. The highest BCUT2D eigenvalue weighted by molar-refractivity contribution is 7.32. The van der Waals surface area contributed by atoms with Gasteiger partial charge in [-0.15, -0.1) is 9.42 Å². The van der Waals surface area contributed by atoms with E-state index in [0.29, 0.717) is 0 Å². The Morgan fingerprint density at radius 2 is 2.20 bits per heavy atom. The third-order valence-corrected chi connectivity index (χ3v) is 1.31. The van der Waals surface area contributed by atoms with Gasteiger partial charge < -0.3 is 0 Å². The maximum atomic E-state index is 10.7. The molecule has 5 heteroatoms. The summed E-state index contributed by atoms with van der Waals surface area (Å²) in [6.07, 6.45) is 0. The predicted molar refractivity (Wildman–Crippen MR) is 35.6 cm³/mol. The van der Waals surface area contributed by atoms with Crippen LogP contribution in [0.3, 0.4) is 0 Å². The Morgan fingerprint density at radius 1 is 1.70 bits per heavy atom. The molecule has 0 aliphatic carbocycles. The number of carbonyl (C=O) groups excluding carboxylic acids is 1. The van der Waals surface area contributed by atoms with Crippen molar-refractivity contribution in [2.24, 2.45) is 5.92 Å². The summed E-state index contributed by atoms with van der Waals surface area (Å²) < 4.78 is 14.1. The number of hydrogen-bond acceptors (Lipinski definition) is 3. The maximum absolute atomic E-state index is 10.7. The second kappa shape index (κ2) is 4.50. The molecule has 58 valence electrons. The Balaban J connectivity index is 3.50. The van der Waals surface area contributed by atoms with Crippen LogP contribution in [0.15, 0.2) is 0 Å². The fourth-order valence-electron chi connectivity index (χ4n) is 0.286. The van der Waals surface area contributed by atoms with Gasteiger partial charge in [-0.25, -0.2) is 0 Å². The molecule has 0 heterocycles. The molecule has 0 saturated heterocycles. The third-order valence-electron chi connectivity index (χ3n) is 0.961. The van der Waals surface area contributed by atoms with Crippen LogP contribution in [0.2, 0.25) is 0 Å². The average molecular weight is 165 g/mol. The smallest absolute Gasteiger partial charge is 0.297 e. The zero-order chi connectivity index (χ0) is 8.15. The number of ketones is 1. The van der Waals surface area contributed by atoms with E-state index in [9.17, 15) is 9.36 Å². The molecule has 4 nitrogen and oxygen atoms in total. The van der Waals surface area contributed by atoms with Gasteiger partial charge in [-0.2, -0.15) is 0 Å². The molecule has 0 aromatic rings. The Bertz CT molecular complexity index is 143. The van der Waals surface area contributed by atoms with E-state index >= 15 is 0 Å². The lowest BCUT2D eigenvalue weighted by molar-refractivity contribution is -0.123. The monoisotopic (exact) mass is 165 g/mol. The first-order valence-corrected chi connectivity index (χ1v) is 3.99. The van der Waals surface area contributed by atoms with E-state index < -0.39 is 8.25 Å². The fraction of sp³-hybridized carbons (Fsp3) is 0.800. The first-order chi connectivity index (χ1) is 4.54. The van der Waals surface area contributed by atoms with Gasteiger partial charge in [-0.05, 0) is 0 Å². The first kappa shape index (κ1) is 9.69. The first-order valence-electron chi connectivity index (χ1n) is 2.85. The molecule has 1 unspecified atom stereocenters. The van der Waals surface area contributed by atoms with E-state index in [1.54, 1.807) is 13.8 Å². The molecule has 0 radical (unpaired) electrons. The molecule has 1 N–H and O–H groups in total. The van der Waals surface area contributed by atoms with Crippen LogP contribution in [0.1, 0.15) is 13.8 Å². The lowest BCUT2D eigenvalue weighted by atomic mass is 10.1. The molecule has 10 heavy (non-hydrogen) atoms. The van der Waals surface area contributed by atoms with Crippen LogP contribution in [-0.2, 0) is 13.9 Å². The van der Waals surface area contributed by atoms with Crippen molar-refractivity contribution in [1.29, 1.82) is 0 Å². The van der Waals surface area contributed by atoms with Gasteiger partial charge in [0.2, 0.25) is 0 Å². The van der Waals surface area contributed by atoms with Gasteiger partial charge in [0.1, 0.15) is 0 Å². The van der Waals surface area contributed by atoms with Crippen molar-refractivity contribution in [3.8, 4) is 0 Å². The van der Waals surface area contributed by atoms with Crippen LogP contribution in [0.5, 0.6) is 0 Å². The molecule has 0 aliphatic heterocycles. The number of hydrogen-bond donors (Lipinski definition) is 1. The second-order valence-corrected chi connectivity index (χ2v) is 2.87. The topological polar surface area (TPSA) is 63.6 Å². The quantitative estimate of drug-likeness (QED) is 0.628. The minimum atomic E-state index is -2.63. The summed E-state index contributed by atoms with van der Waals surface area (Å²) >= 11 is 0. The molecule has 0 aliphatic rings. The Morgan fingerprint density at radius 3 is 2.50 bits per heavy atom. The molecule has 1 atom stereocenters. The SMILES string of the molecule is CC(C)C(=O)CO[P+](=O)O. The molecule has 0 amide bonds. The fourth-order valence-corrected chi connectivity index (χ4v) is 0.523. The standard InChI is InChI=1S/C5H9O4P/c1-4(2)5(6)3-9-10(7)8/h4H,3H2,1-2H3/p+1. The van der Waals surface area contributed by atoms with Crippen molar-refractivity contribution in [1.82, 2.24) is 0 Å². The van der Waals surface area contributed by atoms with Crippen molar-refractivity contribution >= 4 is 14.0 Å². The molecular weight excluding hydrogens is 155 g/mol. The molecule has 0 bridgehead atoms. The summed E-state index contributed by atoms with van der Waals surface area (Å²) in [5.74, 6) is -0.313. The highest BCUT2D eigenvalue weighted by Gasteiger charge is 2.17. The van der Waals surface area contributed by atoms with Gasteiger partial charge in [0.15, 0.2) is 12.4 Å². The number of Topliss-reactive ketones (excluding diaryl/α,β-unsaturated/α-hetero) is 1. The highest BCUT2D eigenvalue weighted by Crippen LogP contribution is 2.14. The van der Waals surface area contributed by atoms with Crippen molar-refractivity contribution in [3.05, 3.63) is 0 Å². The average Bonchev–Trinajstić information content (AvgIpc) is 1.82. The molecule has 0 aromatic carbocycles. The normalized spacial score (nSPS) is 11.8. The minimum absolute atomic E-state index is 0.144. The second-order valence-electron chi connectivity index (χ2n) is 2.13. The van der Waals surface area contributed by atoms with Gasteiger partial charge in [0.05, 0.1) is 0 Å². The summed E-state index contributed by atoms with van der Waals surface area (Å²) in [4.78, 5) is 18.8. The highest BCUT2D eigenvalue weighted by atomic mass is 31.1. The summed E-state index contributed by atoms with van der Waals surface area (Å²) in [5, 5.41) is 0. The molecule has 0 aromatic heterocycles. The van der Waals surface area contributed by atoms with Crippen LogP contribution in [0, 0.1) is 5.92 Å². The van der Waals surface area contributed by atoms with Gasteiger partial charge in [-0.3, -0.25) is 4.79 Å². The number of rotatable bonds is 4. The van der Waals surface area contributed by atoms with E-state index in [4.69, 9.17) is 4.89 Å². The summed E-state index contributed by atoms with van der Waals surface area (Å²) in [7, 11) is -2.63.